The number of oxazole rings is 1. The van der Waals surface area contributed by atoms with Crippen molar-refractivity contribution < 1.29 is 36.7 Å². The number of hydrogen-bond acceptors (Lipinski definition) is 6. The fourth-order valence-electron chi connectivity index (χ4n) is 5.22. The van der Waals surface area contributed by atoms with Gasteiger partial charge in [-0.05, 0) is 79.3 Å². The van der Waals surface area contributed by atoms with Crippen molar-refractivity contribution in [3.8, 4) is 11.5 Å². The van der Waals surface area contributed by atoms with Crippen molar-refractivity contribution in [2.75, 3.05) is 7.11 Å². The number of hydrogen-bond donors (Lipinski definition) is 0. The van der Waals surface area contributed by atoms with E-state index in [2.05, 4.69) is 4.98 Å². The van der Waals surface area contributed by atoms with Gasteiger partial charge in [-0.15, -0.1) is 0 Å². The topological polar surface area (TPSA) is 86.5 Å². The molecule has 0 bridgehead atoms. The van der Waals surface area contributed by atoms with Crippen LogP contribution in [0.1, 0.15) is 84.7 Å². The van der Waals surface area contributed by atoms with E-state index in [1.165, 1.54) is 36.9 Å². The Hall–Kier alpha value is -3.46. The van der Waals surface area contributed by atoms with E-state index in [-0.39, 0.29) is 48.9 Å². The van der Waals surface area contributed by atoms with Crippen molar-refractivity contribution in [2.45, 2.75) is 69.9 Å². The number of rotatable bonds is 11. The summed E-state index contributed by atoms with van der Waals surface area (Å²) in [7, 11) is 1.41. The fraction of sp³-hybridized carbons (Fsp3) is 0.419. The van der Waals surface area contributed by atoms with Gasteiger partial charge in [0.2, 0.25) is 11.7 Å². The number of alkyl halides is 3. The maximum Gasteiger partial charge on any atom is 0.452 e. The highest BCUT2D eigenvalue weighted by atomic mass is 35.5. The van der Waals surface area contributed by atoms with E-state index in [4.69, 9.17) is 20.8 Å². The number of ketones is 2. The van der Waals surface area contributed by atoms with Gasteiger partial charge in [-0.2, -0.15) is 13.2 Å². The van der Waals surface area contributed by atoms with Crippen LogP contribution in [0.15, 0.2) is 52.9 Å². The molecule has 2 aromatic carbocycles. The summed E-state index contributed by atoms with van der Waals surface area (Å²) < 4.78 is 50.3. The van der Waals surface area contributed by atoms with Gasteiger partial charge in [0.25, 0.3) is 0 Å². The van der Waals surface area contributed by atoms with Crippen LogP contribution in [0.4, 0.5) is 13.2 Å². The highest BCUT2D eigenvalue weighted by Gasteiger charge is 2.41. The molecule has 41 heavy (non-hydrogen) atoms. The Labute approximate surface area is 241 Å². The van der Waals surface area contributed by atoms with Crippen LogP contribution in [0.3, 0.4) is 0 Å². The first-order valence-corrected chi connectivity index (χ1v) is 14.0. The molecular weight excluding hydrogens is 559 g/mol. The van der Waals surface area contributed by atoms with E-state index in [1.807, 2.05) is 24.3 Å². The van der Waals surface area contributed by atoms with Gasteiger partial charge in [0.05, 0.1) is 7.11 Å². The highest BCUT2D eigenvalue weighted by molar-refractivity contribution is 6.30. The van der Waals surface area contributed by atoms with Gasteiger partial charge in [0, 0.05) is 36.3 Å². The minimum Gasteiger partial charge on any atom is -0.469 e. The molecule has 3 aromatic rings. The number of methoxy groups -OCH3 is 1. The van der Waals surface area contributed by atoms with Gasteiger partial charge in [-0.25, -0.2) is 4.98 Å². The molecule has 1 heterocycles. The van der Waals surface area contributed by atoms with Crippen molar-refractivity contribution in [1.29, 1.82) is 0 Å². The van der Waals surface area contributed by atoms with Crippen molar-refractivity contribution in [1.82, 2.24) is 4.98 Å². The lowest BCUT2D eigenvalue weighted by atomic mass is 9.77. The van der Waals surface area contributed by atoms with Gasteiger partial charge in [-0.3, -0.25) is 14.4 Å². The van der Waals surface area contributed by atoms with Gasteiger partial charge >= 0.3 is 12.1 Å². The number of carbonyl (C=O) groups excluding carboxylic acids is 3. The number of carbonyl (C=O) groups is 3. The minimum atomic E-state index is -4.90. The van der Waals surface area contributed by atoms with E-state index >= 15 is 0 Å². The number of ether oxygens (including phenoxy) is 1. The van der Waals surface area contributed by atoms with Crippen LogP contribution in [0.5, 0.6) is 0 Å². The third-order valence-corrected chi connectivity index (χ3v) is 7.73. The zero-order chi connectivity index (χ0) is 29.6. The molecule has 0 unspecified atom stereocenters. The van der Waals surface area contributed by atoms with E-state index in [0.29, 0.717) is 23.3 Å². The third-order valence-electron chi connectivity index (χ3n) is 7.48. The second kappa shape index (κ2) is 13.5. The summed E-state index contributed by atoms with van der Waals surface area (Å²) in [4.78, 5) is 40.5. The zero-order valence-corrected chi connectivity index (χ0v) is 23.4. The molecule has 10 heteroatoms. The normalized spacial score (nSPS) is 17.3. The predicted molar refractivity (Wildman–Crippen MR) is 147 cm³/mol. The summed E-state index contributed by atoms with van der Waals surface area (Å²) in [6.45, 7) is 0. The van der Waals surface area contributed by atoms with E-state index < -0.39 is 23.4 Å². The van der Waals surface area contributed by atoms with Gasteiger partial charge in [0.15, 0.2) is 11.5 Å². The van der Waals surface area contributed by atoms with E-state index in [1.54, 1.807) is 0 Å². The fourth-order valence-corrected chi connectivity index (χ4v) is 5.35. The molecule has 218 valence electrons. The second-order valence-corrected chi connectivity index (χ2v) is 10.9. The largest absolute Gasteiger partial charge is 0.469 e. The lowest BCUT2D eigenvalue weighted by Gasteiger charge is -2.28. The number of Topliss-reactive ketones (excluding diaryl/α,β-unsaturated/α-hetero) is 2. The monoisotopic (exact) mass is 589 g/mol. The van der Waals surface area contributed by atoms with E-state index in [0.717, 1.165) is 31.2 Å². The number of esters is 1. The maximum atomic E-state index is 13.5. The molecule has 1 fully saturated rings. The first-order valence-electron chi connectivity index (χ1n) is 13.6. The molecule has 0 atom stereocenters. The summed E-state index contributed by atoms with van der Waals surface area (Å²) in [5, 5.41) is 0.393. The van der Waals surface area contributed by atoms with E-state index in [9.17, 15) is 27.6 Å². The van der Waals surface area contributed by atoms with Crippen LogP contribution in [0.2, 0.25) is 5.02 Å². The first-order chi connectivity index (χ1) is 19.5. The summed E-state index contributed by atoms with van der Waals surface area (Å²) in [5.74, 6) is -2.11. The summed E-state index contributed by atoms with van der Waals surface area (Å²) in [6, 6.07) is 13.8. The van der Waals surface area contributed by atoms with Crippen LogP contribution >= 0.6 is 11.6 Å². The molecule has 0 radical (unpaired) electrons. The number of nitrogens with zero attached hydrogens (tertiary/aromatic N) is 1. The zero-order valence-electron chi connectivity index (χ0n) is 22.6. The standard InChI is InChI=1S/C31H31ClF3NO5/c1-40-27(39)18-20-7-11-22(12-8-20)21-9-5-19(6-10-21)17-25(37)3-2-4-26(38)28-29(31(33,34)35)41-30(36-28)23-13-15-24(32)16-14-23/h5-6,9-10,13-16,20,22H,2-4,7-8,11-12,17-18H2,1H3. The van der Waals surface area contributed by atoms with Crippen LogP contribution in [0, 0.1) is 5.92 Å². The minimum absolute atomic E-state index is 0.0565. The smallest absolute Gasteiger partial charge is 0.452 e. The molecule has 1 aliphatic rings. The Morgan fingerprint density at radius 1 is 0.976 bits per heavy atom. The highest BCUT2D eigenvalue weighted by Crippen LogP contribution is 2.38. The molecule has 6 nitrogen and oxygen atoms in total. The van der Waals surface area contributed by atoms with Crippen LogP contribution in [-0.4, -0.2) is 29.6 Å². The van der Waals surface area contributed by atoms with Crippen molar-refractivity contribution >= 4 is 29.1 Å². The summed E-state index contributed by atoms with van der Waals surface area (Å²) in [5.41, 5.74) is 1.51. The molecule has 0 N–H and O–H groups in total. The Morgan fingerprint density at radius 2 is 1.63 bits per heavy atom. The average Bonchev–Trinajstić information content (AvgIpc) is 3.41. The summed E-state index contributed by atoms with van der Waals surface area (Å²) in [6.07, 6.45) is -0.424. The molecule has 4 rings (SSSR count). The molecule has 1 aromatic heterocycles. The SMILES string of the molecule is COC(=O)CC1CCC(c2ccc(CC(=O)CCCC(=O)c3nc(-c4ccc(Cl)cc4)oc3C(F)(F)F)cc2)CC1. The van der Waals surface area contributed by atoms with Crippen LogP contribution in [0.25, 0.3) is 11.5 Å². The maximum absolute atomic E-state index is 13.5. The molecule has 0 amide bonds. The Balaban J connectivity index is 1.27. The predicted octanol–water partition coefficient (Wildman–Crippen LogP) is 8.02. The number of benzene rings is 2. The lowest BCUT2D eigenvalue weighted by Crippen LogP contribution is -2.17. The second-order valence-electron chi connectivity index (χ2n) is 10.4. The van der Waals surface area contributed by atoms with Crippen molar-refractivity contribution in [3.05, 3.63) is 76.1 Å². The van der Waals surface area contributed by atoms with Crippen LogP contribution < -0.4 is 0 Å². The Morgan fingerprint density at radius 3 is 2.24 bits per heavy atom. The molecule has 0 aliphatic heterocycles. The third kappa shape index (κ3) is 8.28. The summed E-state index contributed by atoms with van der Waals surface area (Å²) >= 11 is 5.83. The number of aromatic nitrogens is 1. The Bertz CT molecular complexity index is 1360. The van der Waals surface area contributed by atoms with Gasteiger partial charge in [0.1, 0.15) is 5.78 Å². The van der Waals surface area contributed by atoms with Crippen molar-refractivity contribution in [3.63, 3.8) is 0 Å². The molecular formula is C31H31ClF3NO5. The van der Waals surface area contributed by atoms with Gasteiger partial charge < -0.3 is 9.15 Å². The number of halogens is 4. The quantitative estimate of drug-likeness (QED) is 0.166. The molecule has 1 saturated carbocycles. The Kier molecular flexibility index (Phi) is 10.0. The first kappa shape index (κ1) is 30.5. The van der Waals surface area contributed by atoms with Crippen molar-refractivity contribution in [2.24, 2.45) is 5.92 Å². The van der Waals surface area contributed by atoms with Gasteiger partial charge in [-0.1, -0.05) is 35.9 Å². The average molecular weight is 590 g/mol. The molecule has 0 saturated heterocycles. The molecule has 0 spiro atoms. The molecule has 1 aliphatic carbocycles. The lowest BCUT2D eigenvalue weighted by molar-refractivity contribution is -0.153. The van der Waals surface area contributed by atoms with Crippen LogP contribution in [-0.2, 0) is 26.9 Å².